The number of aliphatic hydroxyl groups is 1. The Labute approximate surface area is 257 Å². The summed E-state index contributed by atoms with van der Waals surface area (Å²) in [5.74, 6) is 0.603. The number of rotatable bonds is 10. The summed E-state index contributed by atoms with van der Waals surface area (Å²) in [5.41, 5.74) is 0.831. The zero-order chi connectivity index (χ0) is 32.3. The Morgan fingerprint density at radius 3 is 2.44 bits per heavy atom. The third-order valence-corrected chi connectivity index (χ3v) is 8.11. The zero-order valence-corrected chi connectivity index (χ0v) is 25.2. The molecule has 2 aliphatic heterocycles. The quantitative estimate of drug-likeness (QED) is 0.344. The molecule has 0 radical (unpaired) electrons. The summed E-state index contributed by atoms with van der Waals surface area (Å²) in [4.78, 5) is 37.0. The second kappa shape index (κ2) is 13.4. The van der Waals surface area contributed by atoms with Crippen molar-refractivity contribution < 1.29 is 32.5 Å². The maximum atomic E-state index is 13.2. The van der Waals surface area contributed by atoms with Crippen LogP contribution in [-0.4, -0.2) is 93.3 Å². The van der Waals surface area contributed by atoms with E-state index in [2.05, 4.69) is 20.4 Å². The van der Waals surface area contributed by atoms with Crippen molar-refractivity contribution in [2.24, 2.45) is 0 Å². The maximum Gasteiger partial charge on any atom is 0.419 e. The fourth-order valence-corrected chi connectivity index (χ4v) is 5.57. The number of halogens is 3. The highest BCUT2D eigenvalue weighted by molar-refractivity contribution is 5.83. The molecule has 12 nitrogen and oxygen atoms in total. The van der Waals surface area contributed by atoms with Gasteiger partial charge in [0.2, 0.25) is 5.95 Å². The second-order valence-electron chi connectivity index (χ2n) is 11.3. The number of amides is 1. The van der Waals surface area contributed by atoms with Crippen molar-refractivity contribution in [3.05, 3.63) is 69.9 Å². The van der Waals surface area contributed by atoms with Gasteiger partial charge in [-0.1, -0.05) is 12.1 Å². The van der Waals surface area contributed by atoms with Gasteiger partial charge in [0.05, 0.1) is 49.9 Å². The fourth-order valence-electron chi connectivity index (χ4n) is 5.57. The topological polar surface area (TPSA) is 135 Å². The van der Waals surface area contributed by atoms with Crippen LogP contribution in [-0.2, 0) is 22.3 Å². The first-order valence-electron chi connectivity index (χ1n) is 14.6. The van der Waals surface area contributed by atoms with E-state index in [1.54, 1.807) is 30.0 Å². The maximum absolute atomic E-state index is 13.2. The lowest BCUT2D eigenvalue weighted by molar-refractivity contribution is -0.141. The Bertz CT molecular complexity index is 1530. The molecular formula is C30H36F3N7O5. The lowest BCUT2D eigenvalue weighted by Gasteiger charge is -2.40. The van der Waals surface area contributed by atoms with Crippen LogP contribution in [0.2, 0.25) is 0 Å². The Balaban J connectivity index is 1.11. The second-order valence-corrected chi connectivity index (χ2v) is 11.3. The number of alkyl halides is 3. The van der Waals surface area contributed by atoms with Crippen molar-refractivity contribution in [1.29, 1.82) is 0 Å². The van der Waals surface area contributed by atoms with Crippen LogP contribution < -0.4 is 20.5 Å². The van der Waals surface area contributed by atoms with E-state index in [0.29, 0.717) is 43.7 Å². The number of benzene rings is 1. The molecule has 2 aromatic heterocycles. The average Bonchev–Trinajstić information content (AvgIpc) is 3.39. The standard InChI is InChI=1S/C30H36F3N7O5/c1-18(37-23-14-36-40(27(42)19(23)2)15-20-4-6-22(44-3)7-5-20)17-45-26-9-11-39(28(26)43)24-8-10-38(16-25(24)41)29-34-12-21(13-35-29)30(31,32)33/h4-7,12-14,18,24-26,37,41H,8-11,15-17H2,1-3H3/t18-,24-,25-,26+/m0/s1. The number of nitrogens with one attached hydrogen (secondary N) is 1. The summed E-state index contributed by atoms with van der Waals surface area (Å²) in [7, 11) is 1.59. The highest BCUT2D eigenvalue weighted by Gasteiger charge is 2.42. The lowest BCUT2D eigenvalue weighted by Crippen LogP contribution is -2.55. The van der Waals surface area contributed by atoms with Gasteiger partial charge < -0.3 is 29.7 Å². The van der Waals surface area contributed by atoms with Crippen molar-refractivity contribution in [2.45, 2.75) is 63.7 Å². The minimum atomic E-state index is -4.53. The number of carbonyl (C=O) groups excluding carboxylic acids is 1. The molecule has 45 heavy (non-hydrogen) atoms. The van der Waals surface area contributed by atoms with E-state index in [1.165, 1.54) is 4.68 Å². The number of β-amino-alcohol motifs (C(OH)–C–C–N with tert-alkyl or cyclic N) is 1. The lowest BCUT2D eigenvalue weighted by atomic mass is 10.0. The van der Waals surface area contributed by atoms with Gasteiger partial charge in [-0.15, -0.1) is 0 Å². The average molecular weight is 632 g/mol. The number of hydrogen-bond donors (Lipinski definition) is 2. The van der Waals surface area contributed by atoms with Gasteiger partial charge in [0.1, 0.15) is 11.9 Å². The first-order chi connectivity index (χ1) is 21.4. The Morgan fingerprint density at radius 1 is 1.09 bits per heavy atom. The first kappa shape index (κ1) is 32.2. The van der Waals surface area contributed by atoms with E-state index in [0.717, 1.165) is 23.7 Å². The molecule has 15 heteroatoms. The van der Waals surface area contributed by atoms with E-state index < -0.39 is 30.0 Å². The summed E-state index contributed by atoms with van der Waals surface area (Å²) in [6, 6.07) is 6.72. The molecule has 2 N–H and O–H groups in total. The molecule has 2 fully saturated rings. The molecule has 0 aliphatic carbocycles. The zero-order valence-electron chi connectivity index (χ0n) is 25.2. The number of hydrogen-bond acceptors (Lipinski definition) is 10. The smallest absolute Gasteiger partial charge is 0.419 e. The minimum absolute atomic E-state index is 0.0819. The number of carbonyl (C=O) groups is 1. The molecule has 4 atom stereocenters. The van der Waals surface area contributed by atoms with Crippen molar-refractivity contribution in [1.82, 2.24) is 24.6 Å². The molecule has 0 saturated carbocycles. The predicted octanol–water partition coefficient (Wildman–Crippen LogP) is 2.48. The van der Waals surface area contributed by atoms with Crippen LogP contribution in [0.1, 0.15) is 36.5 Å². The molecule has 1 amide bonds. The van der Waals surface area contributed by atoms with E-state index in [1.807, 2.05) is 31.2 Å². The molecule has 2 aliphatic rings. The molecule has 0 spiro atoms. The number of nitrogens with zero attached hydrogens (tertiary/aromatic N) is 6. The van der Waals surface area contributed by atoms with Crippen LogP contribution in [0, 0.1) is 6.92 Å². The van der Waals surface area contributed by atoms with Gasteiger partial charge in [0.15, 0.2) is 0 Å². The molecule has 5 rings (SSSR count). The molecule has 1 aromatic carbocycles. The van der Waals surface area contributed by atoms with Crippen molar-refractivity contribution in [2.75, 3.05) is 43.6 Å². The van der Waals surface area contributed by atoms with Gasteiger partial charge in [0, 0.05) is 50.1 Å². The van der Waals surface area contributed by atoms with E-state index in [-0.39, 0.29) is 36.6 Å². The number of aromatic nitrogens is 4. The molecule has 3 aromatic rings. The number of likely N-dealkylation sites (tertiary alicyclic amines) is 1. The van der Waals surface area contributed by atoms with Crippen LogP contribution in [0.4, 0.5) is 24.8 Å². The Kier molecular flexibility index (Phi) is 9.58. The summed E-state index contributed by atoms with van der Waals surface area (Å²) in [6.07, 6.45) is -2.24. The Morgan fingerprint density at radius 2 is 1.80 bits per heavy atom. The van der Waals surface area contributed by atoms with Crippen molar-refractivity contribution >= 4 is 17.5 Å². The van der Waals surface area contributed by atoms with Gasteiger partial charge in [-0.2, -0.15) is 18.3 Å². The Hall–Kier alpha value is -4.24. The van der Waals surface area contributed by atoms with Gasteiger partial charge >= 0.3 is 6.18 Å². The van der Waals surface area contributed by atoms with Crippen LogP contribution >= 0.6 is 0 Å². The van der Waals surface area contributed by atoms with Gasteiger partial charge in [-0.3, -0.25) is 9.59 Å². The normalized spacial score (nSPS) is 21.2. The minimum Gasteiger partial charge on any atom is -0.497 e. The summed E-state index contributed by atoms with van der Waals surface area (Å²) in [5, 5.41) is 18.4. The van der Waals surface area contributed by atoms with Crippen molar-refractivity contribution in [3.8, 4) is 5.75 Å². The number of methoxy groups -OCH3 is 1. The van der Waals surface area contributed by atoms with Gasteiger partial charge in [0.25, 0.3) is 11.5 Å². The number of anilines is 2. The number of ether oxygens (including phenoxy) is 2. The number of piperidine rings is 1. The third-order valence-electron chi connectivity index (χ3n) is 8.11. The molecular weight excluding hydrogens is 595 g/mol. The highest BCUT2D eigenvalue weighted by atomic mass is 19.4. The first-order valence-corrected chi connectivity index (χ1v) is 14.6. The fraction of sp³-hybridized carbons (Fsp3) is 0.500. The molecule has 4 heterocycles. The third kappa shape index (κ3) is 7.36. The molecule has 0 bridgehead atoms. The molecule has 0 unspecified atom stereocenters. The monoisotopic (exact) mass is 631 g/mol. The SMILES string of the molecule is COc1ccc(Cn2ncc(N[C@@H](C)CO[C@@H]3CCN([C@H]4CCN(c5ncc(C(F)(F)F)cn5)C[C@@H]4O)C3=O)c(C)c2=O)cc1. The largest absolute Gasteiger partial charge is 0.497 e. The van der Waals surface area contributed by atoms with E-state index >= 15 is 0 Å². The van der Waals surface area contributed by atoms with E-state index in [9.17, 15) is 27.9 Å². The van der Waals surface area contributed by atoms with Crippen LogP contribution in [0.5, 0.6) is 5.75 Å². The van der Waals surface area contributed by atoms with Crippen LogP contribution in [0.15, 0.2) is 47.7 Å². The molecule has 2 saturated heterocycles. The van der Waals surface area contributed by atoms with Crippen LogP contribution in [0.3, 0.4) is 0 Å². The molecule has 242 valence electrons. The van der Waals surface area contributed by atoms with Crippen LogP contribution in [0.25, 0.3) is 0 Å². The van der Waals surface area contributed by atoms with E-state index in [4.69, 9.17) is 9.47 Å². The summed E-state index contributed by atoms with van der Waals surface area (Å²) < 4.78 is 51.0. The summed E-state index contributed by atoms with van der Waals surface area (Å²) >= 11 is 0. The summed E-state index contributed by atoms with van der Waals surface area (Å²) in [6.45, 7) is 4.99. The van der Waals surface area contributed by atoms with Crippen molar-refractivity contribution in [3.63, 3.8) is 0 Å². The predicted molar refractivity (Wildman–Crippen MR) is 158 cm³/mol. The highest BCUT2D eigenvalue weighted by Crippen LogP contribution is 2.30. The van der Waals surface area contributed by atoms with Gasteiger partial charge in [-0.05, 0) is 38.0 Å². The van der Waals surface area contributed by atoms with Gasteiger partial charge in [-0.25, -0.2) is 14.6 Å². The number of aliphatic hydroxyl groups excluding tert-OH is 1.